The van der Waals surface area contributed by atoms with E-state index < -0.39 is 18.1 Å². The molecule has 0 saturated heterocycles. The van der Waals surface area contributed by atoms with Crippen molar-refractivity contribution < 1.29 is 24.2 Å². The summed E-state index contributed by atoms with van der Waals surface area (Å²) in [5, 5.41) is 11.5. The van der Waals surface area contributed by atoms with Crippen LogP contribution in [0.1, 0.15) is 43.7 Å². The zero-order valence-electron chi connectivity index (χ0n) is 18.7. The molecule has 32 heavy (non-hydrogen) atoms. The molecule has 0 aliphatic heterocycles. The number of carbonyl (C=O) groups is 3. The van der Waals surface area contributed by atoms with E-state index in [4.69, 9.17) is 9.84 Å². The highest BCUT2D eigenvalue weighted by atomic mass is 16.5. The predicted octanol–water partition coefficient (Wildman–Crippen LogP) is 3.87. The van der Waals surface area contributed by atoms with Crippen LogP contribution in [0.25, 0.3) is 11.1 Å². The van der Waals surface area contributed by atoms with Gasteiger partial charge in [-0.25, -0.2) is 4.79 Å². The maximum atomic E-state index is 12.8. The van der Waals surface area contributed by atoms with Crippen molar-refractivity contribution in [3.63, 3.8) is 0 Å². The molecule has 2 N–H and O–H groups in total. The number of benzene rings is 2. The Labute approximate surface area is 188 Å². The number of carbonyl (C=O) groups excluding carboxylic acids is 2. The van der Waals surface area contributed by atoms with Gasteiger partial charge in [0.25, 0.3) is 0 Å². The summed E-state index contributed by atoms with van der Waals surface area (Å²) in [4.78, 5) is 37.5. The minimum atomic E-state index is -0.900. The van der Waals surface area contributed by atoms with Crippen LogP contribution in [0.2, 0.25) is 0 Å². The first-order valence-corrected chi connectivity index (χ1v) is 10.9. The summed E-state index contributed by atoms with van der Waals surface area (Å²) in [6, 6.07) is 15.4. The monoisotopic (exact) mass is 438 g/mol. The van der Waals surface area contributed by atoms with Gasteiger partial charge in [-0.2, -0.15) is 0 Å². The molecule has 0 saturated carbocycles. The molecule has 3 rings (SSSR count). The molecule has 0 heterocycles. The average molecular weight is 439 g/mol. The summed E-state index contributed by atoms with van der Waals surface area (Å²) in [6.45, 7) is 4.17. The Morgan fingerprint density at radius 1 is 1.03 bits per heavy atom. The highest BCUT2D eigenvalue weighted by molar-refractivity contribution is 5.86. The number of ether oxygens (including phenoxy) is 1. The SMILES string of the molecule is CC(C)C(NC(=O)OCC1c2ccccc2-c2ccccc21)C(=O)N(C)CCCC(=O)O. The van der Waals surface area contributed by atoms with Crippen molar-refractivity contribution in [1.82, 2.24) is 10.2 Å². The number of fused-ring (bicyclic) bond motifs is 3. The molecule has 7 heteroatoms. The Hall–Kier alpha value is -3.35. The number of carboxylic acid groups (broad SMARTS) is 1. The number of hydrogen-bond donors (Lipinski definition) is 2. The summed E-state index contributed by atoms with van der Waals surface area (Å²) in [5.74, 6) is -1.37. The predicted molar refractivity (Wildman–Crippen MR) is 121 cm³/mol. The van der Waals surface area contributed by atoms with Gasteiger partial charge in [-0.3, -0.25) is 9.59 Å². The number of amides is 2. The maximum absolute atomic E-state index is 12.8. The second-order valence-electron chi connectivity index (χ2n) is 8.45. The highest BCUT2D eigenvalue weighted by Gasteiger charge is 2.31. The van der Waals surface area contributed by atoms with Gasteiger partial charge in [0.05, 0.1) is 0 Å². The number of rotatable bonds is 9. The van der Waals surface area contributed by atoms with Gasteiger partial charge in [0.15, 0.2) is 0 Å². The Kier molecular flexibility index (Phi) is 7.51. The number of aliphatic carboxylic acids is 1. The molecule has 2 aromatic carbocycles. The van der Waals surface area contributed by atoms with E-state index in [1.165, 1.54) is 4.90 Å². The summed E-state index contributed by atoms with van der Waals surface area (Å²) in [5.41, 5.74) is 4.54. The highest BCUT2D eigenvalue weighted by Crippen LogP contribution is 2.44. The second kappa shape index (κ2) is 10.3. The number of nitrogens with one attached hydrogen (secondary N) is 1. The first-order valence-electron chi connectivity index (χ1n) is 10.9. The van der Waals surface area contributed by atoms with E-state index in [9.17, 15) is 14.4 Å². The third-order valence-electron chi connectivity index (χ3n) is 5.81. The van der Waals surface area contributed by atoms with Crippen LogP contribution < -0.4 is 5.32 Å². The van der Waals surface area contributed by atoms with Crippen molar-refractivity contribution in [1.29, 1.82) is 0 Å². The Balaban J connectivity index is 1.62. The normalized spacial score (nSPS) is 13.2. The standard InChI is InChI=1S/C25H30N2O5/c1-16(2)23(24(30)27(3)14-8-13-22(28)29)26-25(31)32-15-21-19-11-6-4-9-17(19)18-10-5-7-12-20(18)21/h4-7,9-12,16,21,23H,8,13-15H2,1-3H3,(H,26,31)(H,28,29). The van der Waals surface area contributed by atoms with E-state index in [1.807, 2.05) is 50.2 Å². The molecule has 2 amide bonds. The van der Waals surface area contributed by atoms with Gasteiger partial charge in [-0.1, -0.05) is 62.4 Å². The summed E-state index contributed by atoms with van der Waals surface area (Å²) >= 11 is 0. The van der Waals surface area contributed by atoms with E-state index in [0.29, 0.717) is 13.0 Å². The first-order chi connectivity index (χ1) is 15.3. The fourth-order valence-corrected chi connectivity index (χ4v) is 4.10. The quantitative estimate of drug-likeness (QED) is 0.620. The fourth-order valence-electron chi connectivity index (χ4n) is 4.10. The molecule has 1 unspecified atom stereocenters. The largest absolute Gasteiger partial charge is 0.481 e. The molecule has 7 nitrogen and oxygen atoms in total. The zero-order chi connectivity index (χ0) is 23.3. The number of alkyl carbamates (subject to hydrolysis) is 1. The van der Waals surface area contributed by atoms with Crippen LogP contribution in [0.15, 0.2) is 48.5 Å². The molecule has 0 aromatic heterocycles. The third kappa shape index (κ3) is 5.28. The number of hydrogen-bond acceptors (Lipinski definition) is 4. The molecule has 2 aromatic rings. The minimum Gasteiger partial charge on any atom is -0.481 e. The number of likely N-dealkylation sites (N-methyl/N-ethyl adjacent to an activating group) is 1. The van der Waals surface area contributed by atoms with Gasteiger partial charge >= 0.3 is 12.1 Å². The van der Waals surface area contributed by atoms with Crippen molar-refractivity contribution in [3.05, 3.63) is 59.7 Å². The van der Waals surface area contributed by atoms with E-state index in [1.54, 1.807) is 7.05 Å². The molecular formula is C25H30N2O5. The lowest BCUT2D eigenvalue weighted by Gasteiger charge is -2.27. The van der Waals surface area contributed by atoms with Crippen LogP contribution in [0.5, 0.6) is 0 Å². The van der Waals surface area contributed by atoms with Crippen LogP contribution in [0.4, 0.5) is 4.79 Å². The van der Waals surface area contributed by atoms with Crippen molar-refractivity contribution >= 4 is 18.0 Å². The Bertz CT molecular complexity index is 942. The zero-order valence-corrected chi connectivity index (χ0v) is 18.7. The van der Waals surface area contributed by atoms with Gasteiger partial charge in [0.2, 0.25) is 5.91 Å². The molecule has 1 atom stereocenters. The van der Waals surface area contributed by atoms with Gasteiger partial charge in [0, 0.05) is 25.9 Å². The fraction of sp³-hybridized carbons (Fsp3) is 0.400. The number of nitrogens with zero attached hydrogens (tertiary/aromatic N) is 1. The van der Waals surface area contributed by atoms with Gasteiger partial charge < -0.3 is 20.1 Å². The minimum absolute atomic E-state index is 0.0101. The topological polar surface area (TPSA) is 95.9 Å². The molecule has 0 radical (unpaired) electrons. The summed E-state index contributed by atoms with van der Waals surface area (Å²) < 4.78 is 5.56. The smallest absolute Gasteiger partial charge is 0.407 e. The second-order valence-corrected chi connectivity index (χ2v) is 8.45. The van der Waals surface area contributed by atoms with E-state index >= 15 is 0 Å². The molecular weight excluding hydrogens is 408 g/mol. The molecule has 0 bridgehead atoms. The maximum Gasteiger partial charge on any atom is 0.407 e. The Morgan fingerprint density at radius 3 is 2.12 bits per heavy atom. The lowest BCUT2D eigenvalue weighted by atomic mass is 9.98. The lowest BCUT2D eigenvalue weighted by Crippen LogP contribution is -2.50. The molecule has 1 aliphatic rings. The van der Waals surface area contributed by atoms with Gasteiger partial charge in [0.1, 0.15) is 12.6 Å². The van der Waals surface area contributed by atoms with Crippen molar-refractivity contribution in [3.8, 4) is 11.1 Å². The van der Waals surface area contributed by atoms with E-state index in [0.717, 1.165) is 22.3 Å². The van der Waals surface area contributed by atoms with Gasteiger partial charge in [-0.05, 0) is 34.6 Å². The van der Waals surface area contributed by atoms with Crippen LogP contribution in [0.3, 0.4) is 0 Å². The molecule has 170 valence electrons. The van der Waals surface area contributed by atoms with E-state index in [2.05, 4.69) is 17.4 Å². The van der Waals surface area contributed by atoms with Crippen molar-refractivity contribution in [2.24, 2.45) is 5.92 Å². The van der Waals surface area contributed by atoms with Crippen molar-refractivity contribution in [2.75, 3.05) is 20.2 Å². The van der Waals surface area contributed by atoms with E-state index in [-0.39, 0.29) is 30.8 Å². The molecule has 0 fully saturated rings. The third-order valence-corrected chi connectivity index (χ3v) is 5.81. The van der Waals surface area contributed by atoms with Crippen LogP contribution >= 0.6 is 0 Å². The Morgan fingerprint density at radius 2 is 1.59 bits per heavy atom. The number of carboxylic acids is 1. The average Bonchev–Trinajstić information content (AvgIpc) is 3.09. The summed E-state index contributed by atoms with van der Waals surface area (Å²) in [6.07, 6.45) is -0.297. The van der Waals surface area contributed by atoms with Crippen LogP contribution in [0, 0.1) is 5.92 Å². The molecule has 0 spiro atoms. The molecule has 1 aliphatic carbocycles. The van der Waals surface area contributed by atoms with Crippen LogP contribution in [-0.4, -0.2) is 54.2 Å². The lowest BCUT2D eigenvalue weighted by molar-refractivity contribution is -0.138. The van der Waals surface area contributed by atoms with Gasteiger partial charge in [-0.15, -0.1) is 0 Å². The van der Waals surface area contributed by atoms with Crippen molar-refractivity contribution in [2.45, 2.75) is 38.6 Å². The van der Waals surface area contributed by atoms with Crippen LogP contribution in [-0.2, 0) is 14.3 Å². The summed E-state index contributed by atoms with van der Waals surface area (Å²) in [7, 11) is 1.61. The first kappa shape index (κ1) is 23.3.